The third-order valence-electron chi connectivity index (χ3n) is 4.52. The molecule has 0 radical (unpaired) electrons. The lowest BCUT2D eigenvalue weighted by Gasteiger charge is -2.41. The van der Waals surface area contributed by atoms with Crippen molar-refractivity contribution in [1.29, 1.82) is 0 Å². The summed E-state index contributed by atoms with van der Waals surface area (Å²) in [6.45, 7) is 4.69. The maximum atomic E-state index is 5.64. The molecule has 1 aromatic rings. The molecule has 0 N–H and O–H groups in total. The highest BCUT2D eigenvalue weighted by Crippen LogP contribution is 2.53. The van der Waals surface area contributed by atoms with Gasteiger partial charge in [-0.2, -0.15) is 0 Å². The molecule has 0 aliphatic heterocycles. The maximum absolute atomic E-state index is 5.64. The lowest BCUT2D eigenvalue weighted by atomic mass is 9.63. The number of allylic oxidation sites excluding steroid dienone is 6. The van der Waals surface area contributed by atoms with E-state index >= 15 is 0 Å². The number of fused-ring (bicyclic) bond motifs is 1. The van der Waals surface area contributed by atoms with Crippen LogP contribution in [0.25, 0.3) is 0 Å². The predicted octanol–water partition coefficient (Wildman–Crippen LogP) is 4.60. The smallest absolute Gasteiger partial charge is 0.104 e. The van der Waals surface area contributed by atoms with Crippen molar-refractivity contribution in [1.82, 2.24) is 0 Å². The average molecular weight is 252 g/mol. The maximum Gasteiger partial charge on any atom is 0.104 e. The van der Waals surface area contributed by atoms with E-state index in [-0.39, 0.29) is 5.41 Å². The molecule has 0 fully saturated rings. The summed E-state index contributed by atoms with van der Waals surface area (Å²) in [4.78, 5) is 0. The molecule has 0 saturated carbocycles. The zero-order valence-electron chi connectivity index (χ0n) is 11.8. The summed E-state index contributed by atoms with van der Waals surface area (Å²) in [5, 5.41) is 0. The van der Waals surface area contributed by atoms with Crippen molar-refractivity contribution in [3.63, 3.8) is 0 Å². The van der Waals surface area contributed by atoms with Crippen LogP contribution in [-0.4, -0.2) is 7.11 Å². The Morgan fingerprint density at radius 1 is 1.16 bits per heavy atom. The lowest BCUT2D eigenvalue weighted by molar-refractivity contribution is 0.224. The molecule has 98 valence electrons. The molecule has 19 heavy (non-hydrogen) atoms. The van der Waals surface area contributed by atoms with Crippen molar-refractivity contribution in [2.24, 2.45) is 5.41 Å². The first-order chi connectivity index (χ1) is 9.14. The molecular weight excluding hydrogens is 232 g/mol. The zero-order valence-corrected chi connectivity index (χ0v) is 11.8. The van der Waals surface area contributed by atoms with Gasteiger partial charge in [0.2, 0.25) is 0 Å². The van der Waals surface area contributed by atoms with Gasteiger partial charge in [-0.25, -0.2) is 0 Å². The van der Waals surface area contributed by atoms with E-state index in [1.165, 1.54) is 16.7 Å². The Morgan fingerprint density at radius 2 is 1.89 bits per heavy atom. The number of ether oxygens (including phenoxy) is 1. The molecule has 2 aliphatic carbocycles. The second kappa shape index (κ2) is 4.41. The van der Waals surface area contributed by atoms with Gasteiger partial charge >= 0.3 is 0 Å². The summed E-state index contributed by atoms with van der Waals surface area (Å²) in [5.74, 6) is 1.59. The van der Waals surface area contributed by atoms with Crippen molar-refractivity contribution >= 4 is 0 Å². The van der Waals surface area contributed by atoms with Crippen LogP contribution in [0, 0.1) is 5.41 Å². The molecule has 1 heteroatoms. The first-order valence-electron chi connectivity index (χ1n) is 6.86. The summed E-state index contributed by atoms with van der Waals surface area (Å²) < 4.78 is 5.64. The molecule has 1 nitrogen and oxygen atoms in total. The summed E-state index contributed by atoms with van der Waals surface area (Å²) in [6, 6.07) is 10.8. The molecular formula is C18H20O. The van der Waals surface area contributed by atoms with Crippen LogP contribution in [0.2, 0.25) is 0 Å². The van der Waals surface area contributed by atoms with E-state index in [9.17, 15) is 0 Å². The number of hydrogen-bond acceptors (Lipinski definition) is 1. The Morgan fingerprint density at radius 3 is 2.58 bits per heavy atom. The van der Waals surface area contributed by atoms with Crippen LogP contribution in [0.4, 0.5) is 0 Å². The van der Waals surface area contributed by atoms with Crippen LogP contribution >= 0.6 is 0 Å². The minimum absolute atomic E-state index is 0.141. The van der Waals surface area contributed by atoms with E-state index in [1.54, 1.807) is 7.11 Å². The minimum Gasteiger partial charge on any atom is -0.500 e. The van der Waals surface area contributed by atoms with Gasteiger partial charge in [0.05, 0.1) is 7.11 Å². The number of rotatable bonds is 2. The van der Waals surface area contributed by atoms with Crippen LogP contribution in [0.15, 0.2) is 65.5 Å². The largest absolute Gasteiger partial charge is 0.500 e. The molecule has 0 aromatic heterocycles. The highest BCUT2D eigenvalue weighted by atomic mass is 16.5. The molecule has 0 spiro atoms. The fourth-order valence-electron chi connectivity index (χ4n) is 3.38. The molecule has 1 atom stereocenters. The van der Waals surface area contributed by atoms with E-state index in [2.05, 4.69) is 62.4 Å². The van der Waals surface area contributed by atoms with Crippen molar-refractivity contribution in [3.8, 4) is 0 Å². The Labute approximate surface area is 115 Å². The Kier molecular flexibility index (Phi) is 2.85. The Hall–Kier alpha value is -1.76. The molecule has 3 rings (SSSR count). The van der Waals surface area contributed by atoms with Gasteiger partial charge in [0.1, 0.15) is 5.76 Å². The minimum atomic E-state index is 0.141. The van der Waals surface area contributed by atoms with E-state index in [0.717, 1.165) is 12.2 Å². The van der Waals surface area contributed by atoms with Gasteiger partial charge in [-0.1, -0.05) is 62.4 Å². The van der Waals surface area contributed by atoms with E-state index in [0.29, 0.717) is 5.92 Å². The third-order valence-corrected chi connectivity index (χ3v) is 4.52. The van der Waals surface area contributed by atoms with Crippen LogP contribution in [0.3, 0.4) is 0 Å². The molecule has 0 bridgehead atoms. The SMILES string of the molecule is COC1=C2C=CC=C2C(C)(C)C(c2ccccc2)C1. The Bertz CT molecular complexity index is 573. The second-order valence-corrected chi connectivity index (χ2v) is 5.87. The van der Waals surface area contributed by atoms with Gasteiger partial charge in [0, 0.05) is 17.9 Å². The highest BCUT2D eigenvalue weighted by molar-refractivity contribution is 5.56. The van der Waals surface area contributed by atoms with Crippen LogP contribution in [0.5, 0.6) is 0 Å². The van der Waals surface area contributed by atoms with Crippen LogP contribution in [0.1, 0.15) is 31.7 Å². The summed E-state index contributed by atoms with van der Waals surface area (Å²) >= 11 is 0. The average Bonchev–Trinajstić information content (AvgIpc) is 2.91. The van der Waals surface area contributed by atoms with Gasteiger partial charge in [0.25, 0.3) is 0 Å². The monoisotopic (exact) mass is 252 g/mol. The number of benzene rings is 1. The second-order valence-electron chi connectivity index (χ2n) is 5.87. The normalized spacial score (nSPS) is 24.2. The van der Waals surface area contributed by atoms with E-state index in [1.807, 2.05) is 0 Å². The van der Waals surface area contributed by atoms with Gasteiger partial charge < -0.3 is 4.74 Å². The zero-order chi connectivity index (χ0) is 13.5. The summed E-state index contributed by atoms with van der Waals surface area (Å²) in [7, 11) is 1.78. The predicted molar refractivity (Wildman–Crippen MR) is 78.8 cm³/mol. The lowest BCUT2D eigenvalue weighted by Crippen LogP contribution is -2.30. The van der Waals surface area contributed by atoms with Crippen LogP contribution in [-0.2, 0) is 4.74 Å². The molecule has 1 aromatic carbocycles. The fraction of sp³-hybridized carbons (Fsp3) is 0.333. The van der Waals surface area contributed by atoms with Gasteiger partial charge in [-0.15, -0.1) is 0 Å². The molecule has 0 saturated heterocycles. The quantitative estimate of drug-likeness (QED) is 0.747. The van der Waals surface area contributed by atoms with E-state index in [4.69, 9.17) is 4.74 Å². The molecule has 1 unspecified atom stereocenters. The topological polar surface area (TPSA) is 9.23 Å². The van der Waals surface area contributed by atoms with Crippen molar-refractivity contribution < 1.29 is 4.74 Å². The molecule has 2 aliphatic rings. The number of methoxy groups -OCH3 is 1. The van der Waals surface area contributed by atoms with Gasteiger partial charge in [-0.05, 0) is 16.6 Å². The standard InChI is InChI=1S/C18H20O/c1-18(2)15-11-7-10-14(15)17(19-3)12-16(18)13-8-5-4-6-9-13/h4-11,16H,12H2,1-3H3. The van der Waals surface area contributed by atoms with Crippen molar-refractivity contribution in [2.75, 3.05) is 7.11 Å². The van der Waals surface area contributed by atoms with Crippen molar-refractivity contribution in [3.05, 3.63) is 71.0 Å². The first kappa shape index (κ1) is 12.3. The first-order valence-corrected chi connectivity index (χ1v) is 6.86. The van der Waals surface area contributed by atoms with E-state index < -0.39 is 0 Å². The van der Waals surface area contributed by atoms with Crippen molar-refractivity contribution in [2.45, 2.75) is 26.2 Å². The molecule has 0 amide bonds. The third kappa shape index (κ3) is 1.85. The summed E-state index contributed by atoms with van der Waals surface area (Å²) in [5.41, 5.74) is 4.24. The van der Waals surface area contributed by atoms with Gasteiger partial charge in [0.15, 0.2) is 0 Å². The molecule has 0 heterocycles. The highest BCUT2D eigenvalue weighted by Gasteiger charge is 2.41. The summed E-state index contributed by atoms with van der Waals surface area (Å²) in [6.07, 6.45) is 7.53. The van der Waals surface area contributed by atoms with Gasteiger partial charge in [-0.3, -0.25) is 0 Å². The number of hydrogen-bond donors (Lipinski definition) is 0. The Balaban J connectivity index is 2.10. The van der Waals surface area contributed by atoms with Crippen LogP contribution < -0.4 is 0 Å². The fourth-order valence-corrected chi connectivity index (χ4v) is 3.38.